The number of hydrogen-bond donors (Lipinski definition) is 3. The number of hydrogen-bond acceptors (Lipinski definition) is 4. The minimum atomic E-state index is -0.555. The van der Waals surface area contributed by atoms with Crippen molar-refractivity contribution in [2.45, 2.75) is 12.5 Å². The molecule has 1 heterocycles. The molecule has 0 saturated carbocycles. The second-order valence-electron chi connectivity index (χ2n) is 3.99. The van der Waals surface area contributed by atoms with Gasteiger partial charge in [-0.05, 0) is 18.6 Å². The number of carbonyl (C=O) groups excluding carboxylic acids is 1. The lowest BCUT2D eigenvalue weighted by Crippen LogP contribution is -2.23. The third-order valence-electron chi connectivity index (χ3n) is 2.66. The van der Waals surface area contributed by atoms with Crippen LogP contribution in [0.25, 0.3) is 0 Å². The fraction of sp³-hybridized carbons (Fsp3) is 0.364. The normalized spacial score (nSPS) is 19.2. The molecule has 1 amide bonds. The van der Waals surface area contributed by atoms with Gasteiger partial charge in [-0.1, -0.05) is 11.6 Å². The molecular formula is C11H14ClN3O2. The Hall–Kier alpha value is -1.46. The van der Waals surface area contributed by atoms with Crippen molar-refractivity contribution in [2.75, 3.05) is 24.3 Å². The summed E-state index contributed by atoms with van der Waals surface area (Å²) in [4.78, 5) is 11.3. The Morgan fingerprint density at radius 2 is 2.29 bits per heavy atom. The molecule has 0 radical (unpaired) electrons. The molecule has 1 fully saturated rings. The first-order valence-electron chi connectivity index (χ1n) is 5.31. The van der Waals surface area contributed by atoms with E-state index in [9.17, 15) is 4.79 Å². The van der Waals surface area contributed by atoms with Crippen LogP contribution in [0.2, 0.25) is 5.02 Å². The molecule has 6 heteroatoms. The van der Waals surface area contributed by atoms with Gasteiger partial charge in [0.05, 0.1) is 28.9 Å². The van der Waals surface area contributed by atoms with Gasteiger partial charge in [0.25, 0.3) is 5.91 Å². The van der Waals surface area contributed by atoms with Crippen LogP contribution in [0.5, 0.6) is 0 Å². The molecular weight excluding hydrogens is 242 g/mol. The number of anilines is 2. The van der Waals surface area contributed by atoms with Crippen molar-refractivity contribution < 1.29 is 9.53 Å². The van der Waals surface area contributed by atoms with E-state index in [0.29, 0.717) is 35.2 Å². The lowest BCUT2D eigenvalue weighted by Gasteiger charge is -2.16. The van der Waals surface area contributed by atoms with Crippen LogP contribution in [0.1, 0.15) is 16.8 Å². The maximum atomic E-state index is 11.3. The Kier molecular flexibility index (Phi) is 3.40. The van der Waals surface area contributed by atoms with Crippen molar-refractivity contribution in [3.8, 4) is 0 Å². The summed E-state index contributed by atoms with van der Waals surface area (Å²) >= 11 is 6.07. The molecule has 1 unspecified atom stereocenters. The second-order valence-corrected chi connectivity index (χ2v) is 4.40. The Balaban J connectivity index is 2.33. The number of carbonyl (C=O) groups is 1. The summed E-state index contributed by atoms with van der Waals surface area (Å²) in [6.07, 6.45) is 0.874. The molecule has 5 nitrogen and oxygen atoms in total. The van der Waals surface area contributed by atoms with Crippen LogP contribution < -0.4 is 16.8 Å². The molecule has 1 aliphatic rings. The van der Waals surface area contributed by atoms with Crippen molar-refractivity contribution in [3.05, 3.63) is 22.7 Å². The van der Waals surface area contributed by atoms with E-state index in [4.69, 9.17) is 27.8 Å². The SMILES string of the molecule is NC(=O)c1cc(N)cc(Cl)c1NC1CCOC1. The molecule has 2 rings (SSSR count). The number of primary amides is 1. The summed E-state index contributed by atoms with van der Waals surface area (Å²) in [7, 11) is 0. The van der Waals surface area contributed by atoms with Crippen molar-refractivity contribution in [2.24, 2.45) is 5.73 Å². The van der Waals surface area contributed by atoms with Crippen molar-refractivity contribution >= 4 is 28.9 Å². The standard InChI is InChI=1S/C11H14ClN3O2/c12-9-4-6(13)3-8(11(14)16)10(9)15-7-1-2-17-5-7/h3-4,7,15H,1-2,5,13H2,(H2,14,16). The van der Waals surface area contributed by atoms with E-state index in [1.807, 2.05) is 0 Å². The van der Waals surface area contributed by atoms with Gasteiger partial charge in [0.15, 0.2) is 0 Å². The monoisotopic (exact) mass is 255 g/mol. The maximum Gasteiger partial charge on any atom is 0.250 e. The third kappa shape index (κ3) is 2.62. The molecule has 1 aromatic carbocycles. The fourth-order valence-electron chi connectivity index (χ4n) is 1.82. The van der Waals surface area contributed by atoms with E-state index < -0.39 is 5.91 Å². The molecule has 5 N–H and O–H groups in total. The van der Waals surface area contributed by atoms with Gasteiger partial charge in [-0.2, -0.15) is 0 Å². The van der Waals surface area contributed by atoms with E-state index >= 15 is 0 Å². The number of benzene rings is 1. The van der Waals surface area contributed by atoms with Crippen molar-refractivity contribution in [1.82, 2.24) is 0 Å². The lowest BCUT2D eigenvalue weighted by atomic mass is 10.1. The average molecular weight is 256 g/mol. The van der Waals surface area contributed by atoms with Crippen molar-refractivity contribution in [1.29, 1.82) is 0 Å². The summed E-state index contributed by atoms with van der Waals surface area (Å²) in [5.41, 5.74) is 12.2. The Labute approximate surface area is 104 Å². The first-order chi connectivity index (χ1) is 8.08. The molecule has 0 spiro atoms. The van der Waals surface area contributed by atoms with E-state index in [1.54, 1.807) is 6.07 Å². The van der Waals surface area contributed by atoms with Gasteiger partial charge in [0, 0.05) is 12.3 Å². The van der Waals surface area contributed by atoms with Crippen LogP contribution in [0.4, 0.5) is 11.4 Å². The Morgan fingerprint density at radius 3 is 2.88 bits per heavy atom. The average Bonchev–Trinajstić information content (AvgIpc) is 2.74. The molecule has 1 saturated heterocycles. The highest BCUT2D eigenvalue weighted by Gasteiger charge is 2.20. The number of halogens is 1. The highest BCUT2D eigenvalue weighted by molar-refractivity contribution is 6.34. The van der Waals surface area contributed by atoms with E-state index in [0.717, 1.165) is 6.42 Å². The third-order valence-corrected chi connectivity index (χ3v) is 2.95. The number of rotatable bonds is 3. The van der Waals surface area contributed by atoms with Gasteiger partial charge in [0.1, 0.15) is 0 Å². The highest BCUT2D eigenvalue weighted by Crippen LogP contribution is 2.30. The van der Waals surface area contributed by atoms with Crippen LogP contribution in [-0.4, -0.2) is 25.2 Å². The van der Waals surface area contributed by atoms with Crippen LogP contribution in [0.15, 0.2) is 12.1 Å². The molecule has 1 atom stereocenters. The highest BCUT2D eigenvalue weighted by atomic mass is 35.5. The molecule has 0 bridgehead atoms. The summed E-state index contributed by atoms with van der Waals surface area (Å²) in [6.45, 7) is 1.30. The number of amides is 1. The number of nitrogens with two attached hydrogens (primary N) is 2. The summed E-state index contributed by atoms with van der Waals surface area (Å²) in [5.74, 6) is -0.555. The van der Waals surface area contributed by atoms with E-state index in [-0.39, 0.29) is 6.04 Å². The van der Waals surface area contributed by atoms with Gasteiger partial charge < -0.3 is 21.5 Å². The number of nitrogens with one attached hydrogen (secondary N) is 1. The topological polar surface area (TPSA) is 90.4 Å². The van der Waals surface area contributed by atoms with Crippen LogP contribution in [0, 0.1) is 0 Å². The maximum absolute atomic E-state index is 11.3. The Bertz CT molecular complexity index is 445. The molecule has 0 aliphatic carbocycles. The van der Waals surface area contributed by atoms with Crippen molar-refractivity contribution in [3.63, 3.8) is 0 Å². The summed E-state index contributed by atoms with van der Waals surface area (Å²) in [5, 5.41) is 3.57. The van der Waals surface area contributed by atoms with Gasteiger partial charge in [-0.25, -0.2) is 0 Å². The van der Waals surface area contributed by atoms with E-state index in [2.05, 4.69) is 5.32 Å². The zero-order valence-electron chi connectivity index (χ0n) is 9.20. The smallest absolute Gasteiger partial charge is 0.250 e. The zero-order valence-corrected chi connectivity index (χ0v) is 9.96. The quantitative estimate of drug-likeness (QED) is 0.709. The van der Waals surface area contributed by atoms with Gasteiger partial charge in [0.2, 0.25) is 0 Å². The van der Waals surface area contributed by atoms with Crippen LogP contribution in [0.3, 0.4) is 0 Å². The molecule has 0 aromatic heterocycles. The van der Waals surface area contributed by atoms with Gasteiger partial charge in [-0.15, -0.1) is 0 Å². The molecule has 1 aromatic rings. The van der Waals surface area contributed by atoms with Gasteiger partial charge >= 0.3 is 0 Å². The minimum Gasteiger partial charge on any atom is -0.399 e. The van der Waals surface area contributed by atoms with Crippen LogP contribution >= 0.6 is 11.6 Å². The molecule has 1 aliphatic heterocycles. The second kappa shape index (κ2) is 4.81. The summed E-state index contributed by atoms with van der Waals surface area (Å²) in [6, 6.07) is 3.26. The van der Waals surface area contributed by atoms with Crippen LogP contribution in [-0.2, 0) is 4.74 Å². The Morgan fingerprint density at radius 1 is 1.53 bits per heavy atom. The predicted molar refractivity (Wildman–Crippen MR) is 67.2 cm³/mol. The molecule has 92 valence electrons. The first kappa shape index (κ1) is 12.0. The largest absolute Gasteiger partial charge is 0.399 e. The molecule has 17 heavy (non-hydrogen) atoms. The number of ether oxygens (including phenoxy) is 1. The lowest BCUT2D eigenvalue weighted by molar-refractivity contribution is 0.100. The number of nitrogen functional groups attached to an aromatic ring is 1. The van der Waals surface area contributed by atoms with Gasteiger partial charge in [-0.3, -0.25) is 4.79 Å². The predicted octanol–water partition coefficient (Wildman–Crippen LogP) is 1.22. The first-order valence-corrected chi connectivity index (χ1v) is 5.69. The zero-order chi connectivity index (χ0) is 12.4. The summed E-state index contributed by atoms with van der Waals surface area (Å²) < 4.78 is 5.25. The van der Waals surface area contributed by atoms with E-state index in [1.165, 1.54) is 6.07 Å². The fourth-order valence-corrected chi connectivity index (χ4v) is 2.10. The minimum absolute atomic E-state index is 0.147.